The molecule has 0 aliphatic carbocycles. The molecule has 0 saturated heterocycles. The van der Waals surface area contributed by atoms with Gasteiger partial charge in [-0.25, -0.2) is 0 Å². The molecular formula is C2H7FO. The molecule has 0 radical (unpaired) electrons. The number of aliphatic hydroxyl groups is 1. The molecule has 0 aliphatic rings. The van der Waals surface area contributed by atoms with E-state index in [2.05, 4.69) is 0 Å². The van der Waals surface area contributed by atoms with Gasteiger partial charge in [0.15, 0.2) is 0 Å². The third-order valence-electron chi connectivity index (χ3n) is 0. The lowest BCUT2D eigenvalue weighted by atomic mass is 11.8. The van der Waals surface area contributed by atoms with Gasteiger partial charge in [-0.2, -0.15) is 0 Å². The van der Waals surface area contributed by atoms with Crippen molar-refractivity contribution >= 4 is 0 Å². The summed E-state index contributed by atoms with van der Waals surface area (Å²) in [6.45, 7) is 0. The van der Waals surface area contributed by atoms with E-state index in [9.17, 15) is 4.39 Å². The number of aliphatic hydroxyl groups excluding tert-OH is 1. The number of hydrogen-bond acceptors (Lipinski definition) is 1. The smallest absolute Gasteiger partial charge is 0.0785 e. The van der Waals surface area contributed by atoms with Crippen molar-refractivity contribution in [2.45, 2.75) is 0 Å². The summed E-state index contributed by atoms with van der Waals surface area (Å²) in [5.74, 6) is 0. The Labute approximate surface area is 26.5 Å². The quantitative estimate of drug-likeness (QED) is 0.429. The van der Waals surface area contributed by atoms with Crippen molar-refractivity contribution in [1.82, 2.24) is 0 Å². The maximum atomic E-state index is 9.96. The van der Waals surface area contributed by atoms with Crippen LogP contribution in [0.5, 0.6) is 0 Å². The Balaban J connectivity index is 0. The van der Waals surface area contributed by atoms with E-state index >= 15 is 0 Å². The first-order chi connectivity index (χ1) is 2.41. The highest BCUT2D eigenvalue weighted by Gasteiger charge is 0.926. The summed E-state index contributed by atoms with van der Waals surface area (Å²) < 4.78 is 15.5. The molecular weight excluding hydrogens is 59.0 g/mol. The van der Waals surface area contributed by atoms with Crippen molar-refractivity contribution in [1.29, 1.82) is 0 Å². The first-order valence-electron chi connectivity index (χ1n) is 1.42. The fourth-order valence-electron chi connectivity index (χ4n) is 0. The number of alkyl halides is 1. The van der Waals surface area contributed by atoms with Crippen molar-refractivity contribution in [2.24, 2.45) is 0 Å². The molecule has 0 amide bonds. The van der Waals surface area contributed by atoms with Crippen LogP contribution in [-0.2, 0) is 0 Å². The molecule has 28 valence electrons. The Morgan fingerprint density at radius 3 is 2.00 bits per heavy atom. The zero-order valence-corrected chi connectivity index (χ0v) is 2.53. The van der Waals surface area contributed by atoms with E-state index in [0.29, 0.717) is 0 Å². The molecule has 0 fully saturated rings. The highest BCUT2D eigenvalue weighted by molar-refractivity contribution is 3.23. The van der Waals surface area contributed by atoms with E-state index in [1.807, 2.05) is 0 Å². The van der Waals surface area contributed by atoms with Gasteiger partial charge in [0.1, 0.15) is 0 Å². The fourth-order valence-corrected chi connectivity index (χ4v) is 0. The van der Waals surface area contributed by atoms with Crippen molar-refractivity contribution in [3.63, 3.8) is 0 Å². The SMILES string of the molecule is CO.[2H]CF. The monoisotopic (exact) mass is 67.1 g/mol. The average molecular weight is 67.1 g/mol. The minimum atomic E-state index is -1.00. The summed E-state index contributed by atoms with van der Waals surface area (Å²) in [5.41, 5.74) is 0. The molecule has 0 heterocycles. The van der Waals surface area contributed by atoms with Crippen LogP contribution in [0.4, 0.5) is 4.39 Å². The molecule has 0 aromatic rings. The predicted molar refractivity (Wildman–Crippen MR) is 15.2 cm³/mol. The largest absolute Gasteiger partial charge is 0.400 e. The van der Waals surface area contributed by atoms with Crippen LogP contribution in [0, 0.1) is 0 Å². The van der Waals surface area contributed by atoms with Crippen LogP contribution in [0.3, 0.4) is 0 Å². The van der Waals surface area contributed by atoms with Crippen LogP contribution in [0.15, 0.2) is 0 Å². The Morgan fingerprint density at radius 1 is 2.00 bits per heavy atom. The second kappa shape index (κ2) is 853. The van der Waals surface area contributed by atoms with Gasteiger partial charge in [-0.3, -0.25) is 4.39 Å². The second-order valence-corrected chi connectivity index (χ2v) is 0. The lowest BCUT2D eigenvalue weighted by Crippen LogP contribution is -1.25. The number of halogens is 1. The summed E-state index contributed by atoms with van der Waals surface area (Å²) in [6, 6.07) is 0. The third-order valence-corrected chi connectivity index (χ3v) is 0. The topological polar surface area (TPSA) is 20.2 Å². The standard InChI is InChI=1S/CH3F.CH4O/c2*1-2/h1H3;2H,1H3/i1D;. The van der Waals surface area contributed by atoms with E-state index < -0.39 is 7.15 Å². The van der Waals surface area contributed by atoms with Gasteiger partial charge >= 0.3 is 0 Å². The van der Waals surface area contributed by atoms with Gasteiger partial charge in [0.05, 0.1) is 8.52 Å². The van der Waals surface area contributed by atoms with Gasteiger partial charge in [-0.15, -0.1) is 0 Å². The van der Waals surface area contributed by atoms with E-state index in [1.165, 1.54) is 0 Å². The molecule has 2 heteroatoms. The van der Waals surface area contributed by atoms with Crippen LogP contribution >= 0.6 is 0 Å². The average Bonchev–Trinajstić information content (AvgIpc) is 1.46. The van der Waals surface area contributed by atoms with Crippen molar-refractivity contribution in [3.8, 4) is 0 Å². The van der Waals surface area contributed by atoms with Crippen LogP contribution in [0.25, 0.3) is 0 Å². The minimum Gasteiger partial charge on any atom is -0.400 e. The molecule has 0 aliphatic heterocycles. The Morgan fingerprint density at radius 2 is 2.00 bits per heavy atom. The van der Waals surface area contributed by atoms with Crippen LogP contribution in [0.1, 0.15) is 1.37 Å². The maximum absolute atomic E-state index is 9.96. The predicted octanol–water partition coefficient (Wildman–Crippen LogP) is 0.194. The molecule has 4 heavy (non-hydrogen) atoms. The molecule has 0 spiro atoms. The van der Waals surface area contributed by atoms with Gasteiger partial charge in [0, 0.05) is 7.11 Å². The van der Waals surface area contributed by atoms with E-state index in [-0.39, 0.29) is 0 Å². The fraction of sp³-hybridized carbons (Fsp3) is 1.00. The zero-order chi connectivity index (χ0) is 4.71. The Bertz CT molecular complexity index is 9.61. The molecule has 1 nitrogen and oxygen atoms in total. The van der Waals surface area contributed by atoms with Crippen molar-refractivity contribution in [3.05, 3.63) is 0 Å². The molecule has 0 rings (SSSR count). The molecule has 1 N–H and O–H groups in total. The Kier molecular flexibility index (Phi) is 830. The lowest BCUT2D eigenvalue weighted by molar-refractivity contribution is 0.399. The van der Waals surface area contributed by atoms with Gasteiger partial charge < -0.3 is 5.11 Å². The molecule has 0 bridgehead atoms. The third kappa shape index (κ3) is 124. The molecule has 0 unspecified atom stereocenters. The van der Waals surface area contributed by atoms with Gasteiger partial charge in [-0.05, 0) is 0 Å². The van der Waals surface area contributed by atoms with Crippen LogP contribution < -0.4 is 0 Å². The summed E-state index contributed by atoms with van der Waals surface area (Å²) in [4.78, 5) is 0. The van der Waals surface area contributed by atoms with E-state index in [4.69, 9.17) is 6.48 Å². The van der Waals surface area contributed by atoms with Gasteiger partial charge in [0.25, 0.3) is 0 Å². The highest BCUT2D eigenvalue weighted by Crippen LogP contribution is 1.16. The maximum Gasteiger partial charge on any atom is 0.0785 e. The van der Waals surface area contributed by atoms with Gasteiger partial charge in [-0.1, -0.05) is 0 Å². The van der Waals surface area contributed by atoms with Crippen molar-refractivity contribution < 1.29 is 10.9 Å². The normalized spacial score (nSPS) is 6.25. The first-order valence-corrected chi connectivity index (χ1v) is 0.714. The molecule has 0 saturated carbocycles. The number of rotatable bonds is 0. The van der Waals surface area contributed by atoms with Crippen LogP contribution in [0.2, 0.25) is 0 Å². The summed E-state index contributed by atoms with van der Waals surface area (Å²) in [7, 11) is 0. The van der Waals surface area contributed by atoms with E-state index in [0.717, 1.165) is 7.11 Å². The van der Waals surface area contributed by atoms with Crippen molar-refractivity contribution in [2.75, 3.05) is 14.3 Å². The zero-order valence-electron chi connectivity index (χ0n) is 3.53. The lowest BCUT2D eigenvalue weighted by Gasteiger charge is -1.21. The highest BCUT2D eigenvalue weighted by atomic mass is 19.1. The summed E-state index contributed by atoms with van der Waals surface area (Å²) in [5, 5.41) is 7.00. The minimum absolute atomic E-state index is 1.00. The van der Waals surface area contributed by atoms with E-state index in [1.54, 1.807) is 0 Å². The molecule has 0 atom stereocenters. The first kappa shape index (κ1) is 3.89. The molecule has 0 aromatic heterocycles. The summed E-state index contributed by atoms with van der Waals surface area (Å²) >= 11 is 0. The molecule has 0 aromatic carbocycles. The number of hydrogen-bond donors (Lipinski definition) is 1. The Hall–Kier alpha value is -0.110. The van der Waals surface area contributed by atoms with Crippen LogP contribution in [-0.4, -0.2) is 19.4 Å². The van der Waals surface area contributed by atoms with Gasteiger partial charge in [0.2, 0.25) is 0 Å². The second-order valence-electron chi connectivity index (χ2n) is 0. The summed E-state index contributed by atoms with van der Waals surface area (Å²) in [6.07, 6.45) is 0.